The van der Waals surface area contributed by atoms with E-state index in [2.05, 4.69) is 26.0 Å². The van der Waals surface area contributed by atoms with Crippen LogP contribution in [-0.4, -0.2) is 0 Å². The summed E-state index contributed by atoms with van der Waals surface area (Å²) in [7, 11) is 0. The minimum absolute atomic E-state index is 0.629. The lowest BCUT2D eigenvalue weighted by Crippen LogP contribution is -2.21. The molecule has 0 unspecified atom stereocenters. The number of hydrogen-bond donors (Lipinski definition) is 2. The minimum atomic E-state index is 0.629. The monoisotopic (exact) mass is 533 g/mol. The van der Waals surface area contributed by atoms with Crippen LogP contribution < -0.4 is 11.5 Å². The number of unbranched alkanes of at least 4 members (excludes halogenated alkanes) is 21. The van der Waals surface area contributed by atoms with Crippen LogP contribution in [0.15, 0.2) is 24.6 Å². The molecule has 0 aromatic rings. The molecule has 0 aliphatic heterocycles. The first-order valence-electron chi connectivity index (χ1n) is 17.5. The van der Waals surface area contributed by atoms with Crippen LogP contribution in [0.2, 0.25) is 0 Å². The van der Waals surface area contributed by atoms with Crippen molar-refractivity contribution in [3.8, 4) is 0 Å². The molecule has 0 bridgehead atoms. The van der Waals surface area contributed by atoms with Crippen molar-refractivity contribution in [3.63, 3.8) is 0 Å². The Morgan fingerprint density at radius 2 is 0.632 bits per heavy atom. The molecule has 2 heteroatoms. The van der Waals surface area contributed by atoms with Crippen molar-refractivity contribution in [2.24, 2.45) is 16.9 Å². The van der Waals surface area contributed by atoms with E-state index in [-0.39, 0.29) is 0 Å². The Morgan fingerprint density at radius 1 is 0.368 bits per heavy atom. The van der Waals surface area contributed by atoms with Crippen molar-refractivity contribution in [3.05, 3.63) is 24.6 Å². The van der Waals surface area contributed by atoms with Crippen molar-refractivity contribution in [2.45, 2.75) is 200 Å². The zero-order valence-corrected chi connectivity index (χ0v) is 26.5. The Bertz CT molecular complexity index is 480. The van der Waals surface area contributed by atoms with Gasteiger partial charge in [-0.15, -0.1) is 0 Å². The lowest BCUT2D eigenvalue weighted by Gasteiger charge is -2.35. The Balaban J connectivity index is 4.78. The van der Waals surface area contributed by atoms with Gasteiger partial charge < -0.3 is 11.5 Å². The van der Waals surface area contributed by atoms with Crippen LogP contribution in [0.25, 0.3) is 0 Å². The van der Waals surface area contributed by atoms with Crippen molar-refractivity contribution < 1.29 is 0 Å². The fourth-order valence-electron chi connectivity index (χ4n) is 6.26. The molecule has 0 aliphatic rings. The summed E-state index contributed by atoms with van der Waals surface area (Å²) in [6.07, 6.45) is 48.5. The molecule has 0 radical (unpaired) electrons. The van der Waals surface area contributed by atoms with Crippen LogP contribution in [0.5, 0.6) is 0 Å². The van der Waals surface area contributed by atoms with Gasteiger partial charge in [-0.05, 0) is 69.2 Å². The fraction of sp³-hybridized carbons (Fsp3) is 0.889. The third-order valence-electron chi connectivity index (χ3n) is 8.80. The van der Waals surface area contributed by atoms with Crippen LogP contribution in [0.1, 0.15) is 200 Å². The molecule has 226 valence electrons. The van der Waals surface area contributed by atoms with Crippen LogP contribution in [-0.2, 0) is 0 Å². The van der Waals surface area contributed by atoms with E-state index in [1.807, 2.05) is 0 Å². The van der Waals surface area contributed by atoms with Gasteiger partial charge in [0.2, 0.25) is 0 Å². The van der Waals surface area contributed by atoms with Gasteiger partial charge in [0.25, 0.3) is 0 Å². The van der Waals surface area contributed by atoms with Gasteiger partial charge in [-0.25, -0.2) is 0 Å². The molecule has 0 atom stereocenters. The second-order valence-electron chi connectivity index (χ2n) is 12.4. The zero-order chi connectivity index (χ0) is 27.8. The average molecular weight is 533 g/mol. The Kier molecular flexibility index (Phi) is 29.9. The lowest BCUT2D eigenvalue weighted by molar-refractivity contribution is 0.171. The standard InChI is InChI=1S/C36H72N2/c1-3-5-7-9-18-24-30-36(31-25-19-10-8-6-4-2,33-27-21-15-13-17-23-29-35-38)32-26-20-14-11-12-16-22-28-34-37/h28-29,34-35H,3-27,30-33,37-38H2,1-2H3/b34-28+,35-29+. The maximum atomic E-state index is 5.49. The Hall–Kier alpha value is -0.920. The first kappa shape index (κ1) is 37.1. The normalized spacial score (nSPS) is 12.4. The topological polar surface area (TPSA) is 52.0 Å². The second-order valence-corrected chi connectivity index (χ2v) is 12.4. The lowest BCUT2D eigenvalue weighted by atomic mass is 9.70. The van der Waals surface area contributed by atoms with E-state index in [4.69, 9.17) is 11.5 Å². The van der Waals surface area contributed by atoms with Gasteiger partial charge in [-0.3, -0.25) is 0 Å². The summed E-state index contributed by atoms with van der Waals surface area (Å²) in [4.78, 5) is 0. The summed E-state index contributed by atoms with van der Waals surface area (Å²) < 4.78 is 0. The molecular weight excluding hydrogens is 460 g/mol. The predicted octanol–water partition coefficient (Wildman–Crippen LogP) is 12.3. The largest absolute Gasteiger partial charge is 0.405 e. The van der Waals surface area contributed by atoms with E-state index >= 15 is 0 Å². The number of nitrogens with two attached hydrogens (primary N) is 2. The third-order valence-corrected chi connectivity index (χ3v) is 8.80. The van der Waals surface area contributed by atoms with Gasteiger partial charge in [0.05, 0.1) is 0 Å². The smallest absolute Gasteiger partial charge is 0.0103 e. The van der Waals surface area contributed by atoms with Crippen molar-refractivity contribution >= 4 is 0 Å². The molecule has 0 aromatic heterocycles. The van der Waals surface area contributed by atoms with E-state index in [1.165, 1.54) is 173 Å². The fourth-order valence-corrected chi connectivity index (χ4v) is 6.26. The van der Waals surface area contributed by atoms with E-state index in [0.717, 1.165) is 12.8 Å². The first-order chi connectivity index (χ1) is 18.7. The maximum Gasteiger partial charge on any atom is -0.0103 e. The van der Waals surface area contributed by atoms with Crippen molar-refractivity contribution in [1.82, 2.24) is 0 Å². The second kappa shape index (κ2) is 30.6. The van der Waals surface area contributed by atoms with Crippen molar-refractivity contribution in [2.75, 3.05) is 0 Å². The SMILES string of the molecule is CCCCCCCCC(CCCCCCCC)(CCCCCCC/C=C/N)CCCCCCCC/C=C/N. The summed E-state index contributed by atoms with van der Waals surface area (Å²) in [5.74, 6) is 0. The molecule has 0 rings (SSSR count). The van der Waals surface area contributed by atoms with Crippen molar-refractivity contribution in [1.29, 1.82) is 0 Å². The van der Waals surface area contributed by atoms with Gasteiger partial charge in [-0.1, -0.05) is 161 Å². The molecule has 38 heavy (non-hydrogen) atoms. The van der Waals surface area contributed by atoms with Gasteiger partial charge in [0.1, 0.15) is 0 Å². The van der Waals surface area contributed by atoms with Crippen LogP contribution in [0, 0.1) is 5.41 Å². The highest BCUT2D eigenvalue weighted by Gasteiger charge is 2.28. The minimum Gasteiger partial charge on any atom is -0.405 e. The summed E-state index contributed by atoms with van der Waals surface area (Å²) in [5, 5.41) is 0. The molecule has 0 saturated heterocycles. The molecular formula is C36H72N2. The average Bonchev–Trinajstić information content (AvgIpc) is 2.93. The zero-order valence-electron chi connectivity index (χ0n) is 26.5. The summed E-state index contributed by atoms with van der Waals surface area (Å²) in [5.41, 5.74) is 11.6. The molecule has 0 aliphatic carbocycles. The number of allylic oxidation sites excluding steroid dienone is 2. The maximum absolute atomic E-state index is 5.49. The number of hydrogen-bond acceptors (Lipinski definition) is 2. The summed E-state index contributed by atoms with van der Waals surface area (Å²) in [6.45, 7) is 4.66. The van der Waals surface area contributed by atoms with E-state index in [0.29, 0.717) is 5.41 Å². The van der Waals surface area contributed by atoms with Gasteiger partial charge >= 0.3 is 0 Å². The molecule has 0 aromatic carbocycles. The molecule has 0 amide bonds. The highest BCUT2D eigenvalue weighted by Crippen LogP contribution is 2.42. The van der Waals surface area contributed by atoms with E-state index < -0.39 is 0 Å². The summed E-state index contributed by atoms with van der Waals surface area (Å²) >= 11 is 0. The Morgan fingerprint density at radius 3 is 0.921 bits per heavy atom. The van der Waals surface area contributed by atoms with Crippen LogP contribution in [0.4, 0.5) is 0 Å². The van der Waals surface area contributed by atoms with Gasteiger partial charge in [0.15, 0.2) is 0 Å². The molecule has 0 spiro atoms. The highest BCUT2D eigenvalue weighted by atomic mass is 14.5. The molecule has 0 fully saturated rings. The summed E-state index contributed by atoms with van der Waals surface area (Å²) in [6, 6.07) is 0. The molecule has 0 saturated carbocycles. The Labute approximate surface area is 241 Å². The van der Waals surface area contributed by atoms with Gasteiger partial charge in [-0.2, -0.15) is 0 Å². The molecule has 2 nitrogen and oxygen atoms in total. The predicted molar refractivity (Wildman–Crippen MR) is 174 cm³/mol. The highest BCUT2D eigenvalue weighted by molar-refractivity contribution is 4.81. The van der Waals surface area contributed by atoms with Crippen LogP contribution in [0.3, 0.4) is 0 Å². The third kappa shape index (κ3) is 25.4. The van der Waals surface area contributed by atoms with Crippen LogP contribution >= 0.6 is 0 Å². The molecule has 0 heterocycles. The quantitative estimate of drug-likeness (QED) is 0.0872. The van der Waals surface area contributed by atoms with E-state index in [1.54, 1.807) is 12.4 Å². The number of rotatable bonds is 31. The molecule has 4 N–H and O–H groups in total. The first-order valence-corrected chi connectivity index (χ1v) is 17.5. The van der Waals surface area contributed by atoms with E-state index in [9.17, 15) is 0 Å². The van der Waals surface area contributed by atoms with Gasteiger partial charge in [0, 0.05) is 0 Å².